The van der Waals surface area contributed by atoms with Crippen molar-refractivity contribution in [2.45, 2.75) is 36.5 Å². The zero-order chi connectivity index (χ0) is 22.1. The highest BCUT2D eigenvalue weighted by Crippen LogP contribution is 2.33. The van der Waals surface area contributed by atoms with Gasteiger partial charge in [0.1, 0.15) is 5.65 Å². The summed E-state index contributed by atoms with van der Waals surface area (Å²) in [5.41, 5.74) is 2.18. The van der Waals surface area contributed by atoms with E-state index in [1.165, 1.54) is 9.87 Å². The molecule has 1 unspecified atom stereocenters. The standard InChI is InChI=1S/C24H28N4O3S/c29-24(19-6-5-13-28(17-19)32(30,31)20-7-2-1-3-8-20)27-14-10-18(11-15-27)22-16-26-23-21(22)9-4-12-25-23/h1-4,7-9,12,16,18-19H,5-6,10-11,13-15,17H2,(H,25,26). The average molecular weight is 453 g/mol. The Morgan fingerprint density at radius 1 is 1.00 bits per heavy atom. The summed E-state index contributed by atoms with van der Waals surface area (Å²) in [4.78, 5) is 23.1. The molecule has 168 valence electrons. The minimum Gasteiger partial charge on any atom is -0.346 e. The first-order chi connectivity index (χ1) is 15.5. The number of carbonyl (C=O) groups is 1. The lowest BCUT2D eigenvalue weighted by Crippen LogP contribution is -2.48. The van der Waals surface area contributed by atoms with E-state index in [2.05, 4.69) is 16.0 Å². The fourth-order valence-electron chi connectivity index (χ4n) is 5.09. The van der Waals surface area contributed by atoms with Gasteiger partial charge in [-0.3, -0.25) is 4.79 Å². The first-order valence-electron chi connectivity index (χ1n) is 11.3. The highest BCUT2D eigenvalue weighted by Gasteiger charge is 2.36. The van der Waals surface area contributed by atoms with Crippen molar-refractivity contribution in [3.63, 3.8) is 0 Å². The van der Waals surface area contributed by atoms with Crippen molar-refractivity contribution in [2.75, 3.05) is 26.2 Å². The van der Waals surface area contributed by atoms with Gasteiger partial charge in [-0.25, -0.2) is 13.4 Å². The van der Waals surface area contributed by atoms with Crippen molar-refractivity contribution in [1.82, 2.24) is 19.2 Å². The van der Waals surface area contributed by atoms with Crippen LogP contribution in [0.4, 0.5) is 0 Å². The maximum Gasteiger partial charge on any atom is 0.243 e. The second-order valence-corrected chi connectivity index (χ2v) is 10.7. The number of fused-ring (bicyclic) bond motifs is 1. The zero-order valence-electron chi connectivity index (χ0n) is 18.0. The predicted molar refractivity (Wildman–Crippen MR) is 123 cm³/mol. The quantitative estimate of drug-likeness (QED) is 0.658. The molecule has 4 heterocycles. The number of rotatable bonds is 4. The number of H-pyrrole nitrogens is 1. The van der Waals surface area contributed by atoms with E-state index in [0.717, 1.165) is 30.3 Å². The number of likely N-dealkylation sites (tertiary alicyclic amines) is 1. The number of nitrogens with one attached hydrogen (secondary N) is 1. The molecule has 2 fully saturated rings. The number of benzene rings is 1. The summed E-state index contributed by atoms with van der Waals surface area (Å²) in [7, 11) is -3.57. The van der Waals surface area contributed by atoms with Gasteiger partial charge in [0.25, 0.3) is 0 Å². The van der Waals surface area contributed by atoms with Crippen LogP contribution in [-0.4, -0.2) is 59.7 Å². The van der Waals surface area contributed by atoms with Crippen LogP contribution in [0.1, 0.15) is 37.2 Å². The van der Waals surface area contributed by atoms with Gasteiger partial charge in [-0.1, -0.05) is 18.2 Å². The molecule has 0 radical (unpaired) electrons. The molecule has 7 nitrogen and oxygen atoms in total. The Morgan fingerprint density at radius 2 is 1.78 bits per heavy atom. The van der Waals surface area contributed by atoms with Crippen LogP contribution in [-0.2, 0) is 14.8 Å². The van der Waals surface area contributed by atoms with E-state index >= 15 is 0 Å². The first-order valence-corrected chi connectivity index (χ1v) is 12.7. The summed E-state index contributed by atoms with van der Waals surface area (Å²) in [6.45, 7) is 2.15. The van der Waals surface area contributed by atoms with Crippen molar-refractivity contribution < 1.29 is 13.2 Å². The fourth-order valence-corrected chi connectivity index (χ4v) is 6.63. The van der Waals surface area contributed by atoms with Gasteiger partial charge in [0.2, 0.25) is 15.9 Å². The summed E-state index contributed by atoms with van der Waals surface area (Å²) in [5, 5.41) is 1.16. The van der Waals surface area contributed by atoms with E-state index in [-0.39, 0.29) is 18.4 Å². The summed E-state index contributed by atoms with van der Waals surface area (Å²) < 4.78 is 27.5. The summed E-state index contributed by atoms with van der Waals surface area (Å²) in [6.07, 6.45) is 7.11. The Bertz CT molecular complexity index is 1200. The molecule has 3 aromatic rings. The lowest BCUT2D eigenvalue weighted by Gasteiger charge is -2.37. The van der Waals surface area contributed by atoms with Gasteiger partial charge in [-0.15, -0.1) is 0 Å². The van der Waals surface area contributed by atoms with Crippen molar-refractivity contribution in [3.8, 4) is 0 Å². The lowest BCUT2D eigenvalue weighted by atomic mass is 9.88. The number of sulfonamides is 1. The molecule has 2 saturated heterocycles. The number of piperidine rings is 2. The van der Waals surface area contributed by atoms with Crippen LogP contribution in [0.15, 0.2) is 59.8 Å². The fraction of sp³-hybridized carbons (Fsp3) is 0.417. The van der Waals surface area contributed by atoms with E-state index in [1.54, 1.807) is 36.5 Å². The van der Waals surface area contributed by atoms with E-state index in [9.17, 15) is 13.2 Å². The van der Waals surface area contributed by atoms with Crippen molar-refractivity contribution in [2.24, 2.45) is 5.92 Å². The molecular formula is C24H28N4O3S. The second-order valence-electron chi connectivity index (χ2n) is 8.76. The maximum atomic E-state index is 13.3. The summed E-state index contributed by atoms with van der Waals surface area (Å²) in [5.74, 6) is 0.228. The molecule has 32 heavy (non-hydrogen) atoms. The molecule has 1 atom stereocenters. The van der Waals surface area contributed by atoms with Crippen LogP contribution in [0.3, 0.4) is 0 Å². The van der Waals surface area contributed by atoms with E-state index in [1.807, 2.05) is 17.2 Å². The molecule has 0 aliphatic carbocycles. The molecule has 2 aliphatic rings. The molecule has 8 heteroatoms. The Kier molecular flexibility index (Phi) is 5.73. The average Bonchev–Trinajstić information content (AvgIpc) is 3.28. The highest BCUT2D eigenvalue weighted by molar-refractivity contribution is 7.89. The van der Waals surface area contributed by atoms with Crippen molar-refractivity contribution in [3.05, 3.63) is 60.4 Å². The maximum absolute atomic E-state index is 13.3. The normalized spacial score (nSPS) is 21.1. The molecule has 2 aromatic heterocycles. The minimum atomic E-state index is -3.57. The minimum absolute atomic E-state index is 0.0944. The van der Waals surface area contributed by atoms with Gasteiger partial charge in [-0.2, -0.15) is 4.31 Å². The topological polar surface area (TPSA) is 86.4 Å². The summed E-state index contributed by atoms with van der Waals surface area (Å²) in [6, 6.07) is 12.5. The Morgan fingerprint density at radius 3 is 2.56 bits per heavy atom. The third-order valence-corrected chi connectivity index (χ3v) is 8.72. The molecular weight excluding hydrogens is 424 g/mol. The van der Waals surface area contributed by atoms with Crippen LogP contribution in [0, 0.1) is 5.92 Å². The Balaban J connectivity index is 1.23. The zero-order valence-corrected chi connectivity index (χ0v) is 18.8. The first kappa shape index (κ1) is 21.2. The van der Waals surface area contributed by atoms with Crippen molar-refractivity contribution >= 4 is 27.0 Å². The number of amides is 1. The Labute approximate surface area is 188 Å². The van der Waals surface area contributed by atoms with Crippen LogP contribution in [0.5, 0.6) is 0 Å². The van der Waals surface area contributed by atoms with Crippen molar-refractivity contribution in [1.29, 1.82) is 0 Å². The van der Waals surface area contributed by atoms with Gasteiger partial charge >= 0.3 is 0 Å². The predicted octanol–water partition coefficient (Wildman–Crippen LogP) is 3.37. The van der Waals surface area contributed by atoms with Crippen LogP contribution in [0.25, 0.3) is 11.0 Å². The molecule has 2 aliphatic heterocycles. The molecule has 0 saturated carbocycles. The number of aromatic amines is 1. The number of nitrogens with zero attached hydrogens (tertiary/aromatic N) is 3. The largest absolute Gasteiger partial charge is 0.346 e. The van der Waals surface area contributed by atoms with Gasteiger partial charge < -0.3 is 9.88 Å². The third kappa shape index (κ3) is 3.93. The number of pyridine rings is 1. The van der Waals surface area contributed by atoms with Gasteiger partial charge in [-0.05, 0) is 61.4 Å². The lowest BCUT2D eigenvalue weighted by molar-refractivity contribution is -0.137. The van der Waals surface area contributed by atoms with Crippen LogP contribution < -0.4 is 0 Å². The van der Waals surface area contributed by atoms with E-state index < -0.39 is 10.0 Å². The van der Waals surface area contributed by atoms with Gasteiger partial charge in [0, 0.05) is 44.0 Å². The Hall–Kier alpha value is -2.71. The number of hydrogen-bond acceptors (Lipinski definition) is 4. The molecule has 1 aromatic carbocycles. The SMILES string of the molecule is O=C(C1CCCN(S(=O)(=O)c2ccccc2)C1)N1CCC(c2c[nH]c3ncccc23)CC1. The smallest absolute Gasteiger partial charge is 0.243 e. The molecule has 1 amide bonds. The van der Waals surface area contributed by atoms with E-state index in [0.29, 0.717) is 36.9 Å². The summed E-state index contributed by atoms with van der Waals surface area (Å²) >= 11 is 0. The van der Waals surface area contributed by atoms with Gasteiger partial charge in [0.05, 0.1) is 10.8 Å². The van der Waals surface area contributed by atoms with Gasteiger partial charge in [0.15, 0.2) is 0 Å². The number of hydrogen-bond donors (Lipinski definition) is 1. The number of aromatic nitrogens is 2. The molecule has 5 rings (SSSR count). The molecule has 1 N–H and O–H groups in total. The highest BCUT2D eigenvalue weighted by atomic mass is 32.2. The van der Waals surface area contributed by atoms with Crippen LogP contribution in [0.2, 0.25) is 0 Å². The number of carbonyl (C=O) groups excluding carboxylic acids is 1. The molecule has 0 bridgehead atoms. The van der Waals surface area contributed by atoms with Crippen LogP contribution >= 0.6 is 0 Å². The second kappa shape index (κ2) is 8.67. The van der Waals surface area contributed by atoms with E-state index in [4.69, 9.17) is 0 Å². The third-order valence-electron chi connectivity index (χ3n) is 6.84. The monoisotopic (exact) mass is 452 g/mol. The molecule has 0 spiro atoms.